The second-order valence-corrected chi connectivity index (χ2v) is 6.83. The molecule has 0 saturated carbocycles. The lowest BCUT2D eigenvalue weighted by molar-refractivity contribution is -0.385. The zero-order valence-electron chi connectivity index (χ0n) is 14.9. The fourth-order valence-electron chi connectivity index (χ4n) is 2.44. The van der Waals surface area contributed by atoms with Crippen LogP contribution in [0.2, 0.25) is 0 Å². The molecule has 0 fully saturated rings. The summed E-state index contributed by atoms with van der Waals surface area (Å²) in [6, 6.07) is 14.5. The Labute approximate surface area is 164 Å². The molecule has 2 aromatic carbocycles. The summed E-state index contributed by atoms with van der Waals surface area (Å²) in [6.45, 7) is 1.59. The van der Waals surface area contributed by atoms with E-state index in [-0.39, 0.29) is 29.7 Å². The van der Waals surface area contributed by atoms with Crippen molar-refractivity contribution >= 4 is 34.4 Å². The van der Waals surface area contributed by atoms with Crippen LogP contribution in [0.5, 0.6) is 5.75 Å². The number of ketones is 1. The molecule has 1 heterocycles. The van der Waals surface area contributed by atoms with Gasteiger partial charge in [-0.05, 0) is 48.7 Å². The number of Topliss-reactive ketones (excluding diaryl/α,β-unsaturated/α-hetero) is 1. The Morgan fingerprint density at radius 1 is 1.14 bits per heavy atom. The molecule has 0 bridgehead atoms. The molecule has 0 atom stereocenters. The Morgan fingerprint density at radius 3 is 2.54 bits per heavy atom. The summed E-state index contributed by atoms with van der Waals surface area (Å²) in [5.74, 6) is -0.146. The molecule has 0 aliphatic heterocycles. The smallest absolute Gasteiger partial charge is 0.310 e. The summed E-state index contributed by atoms with van der Waals surface area (Å²) in [6.07, 6.45) is 0. The number of nitrogens with zero attached hydrogens (tertiary/aromatic N) is 1. The van der Waals surface area contributed by atoms with Gasteiger partial charge in [0.1, 0.15) is 6.61 Å². The standard InChI is InChI=1S/C20H16N2O5S/c1-13(23)15-6-8-16(9-7-15)21-20(24)19-10-14(12-28-19)11-27-18-5-3-2-4-17(18)22(25)26/h2-10,12H,11H2,1H3,(H,21,24). The molecule has 28 heavy (non-hydrogen) atoms. The molecule has 0 saturated heterocycles. The van der Waals surface area contributed by atoms with Crippen molar-refractivity contribution in [3.05, 3.63) is 86.1 Å². The number of para-hydroxylation sites is 2. The molecule has 0 radical (unpaired) electrons. The first kappa shape index (κ1) is 19.2. The van der Waals surface area contributed by atoms with E-state index in [9.17, 15) is 19.7 Å². The maximum Gasteiger partial charge on any atom is 0.310 e. The van der Waals surface area contributed by atoms with Gasteiger partial charge >= 0.3 is 5.69 Å². The summed E-state index contributed by atoms with van der Waals surface area (Å²) in [5.41, 5.74) is 1.79. The molecule has 0 spiro atoms. The number of thiophene rings is 1. The van der Waals surface area contributed by atoms with Crippen molar-refractivity contribution in [1.82, 2.24) is 0 Å². The number of hydrogen-bond acceptors (Lipinski definition) is 6. The first-order valence-electron chi connectivity index (χ1n) is 8.30. The van der Waals surface area contributed by atoms with E-state index in [0.717, 1.165) is 5.56 Å². The zero-order chi connectivity index (χ0) is 20.1. The van der Waals surface area contributed by atoms with Crippen molar-refractivity contribution in [1.29, 1.82) is 0 Å². The highest BCUT2D eigenvalue weighted by Gasteiger charge is 2.15. The molecule has 0 unspecified atom stereocenters. The van der Waals surface area contributed by atoms with Crippen LogP contribution < -0.4 is 10.1 Å². The van der Waals surface area contributed by atoms with Crippen molar-refractivity contribution in [3.8, 4) is 5.75 Å². The third-order valence-corrected chi connectivity index (χ3v) is 4.86. The van der Waals surface area contributed by atoms with Gasteiger partial charge in [-0.1, -0.05) is 12.1 Å². The molecular formula is C20H16N2O5S. The number of benzene rings is 2. The SMILES string of the molecule is CC(=O)c1ccc(NC(=O)c2cc(COc3ccccc3[N+](=O)[O-])cs2)cc1. The summed E-state index contributed by atoms with van der Waals surface area (Å²) >= 11 is 1.25. The van der Waals surface area contributed by atoms with E-state index in [2.05, 4.69) is 5.32 Å². The van der Waals surface area contributed by atoms with Crippen molar-refractivity contribution in [3.63, 3.8) is 0 Å². The molecule has 7 nitrogen and oxygen atoms in total. The molecule has 8 heteroatoms. The highest BCUT2D eigenvalue weighted by molar-refractivity contribution is 7.12. The first-order valence-corrected chi connectivity index (χ1v) is 9.18. The van der Waals surface area contributed by atoms with Gasteiger partial charge in [-0.3, -0.25) is 19.7 Å². The Hall–Kier alpha value is -3.52. The Balaban J connectivity index is 1.63. The van der Waals surface area contributed by atoms with Crippen molar-refractivity contribution in [2.45, 2.75) is 13.5 Å². The van der Waals surface area contributed by atoms with E-state index in [0.29, 0.717) is 16.1 Å². The number of nitro groups is 1. The number of hydrogen-bond donors (Lipinski definition) is 1. The minimum absolute atomic E-state index is 0.0422. The molecule has 1 aromatic heterocycles. The van der Waals surface area contributed by atoms with Crippen LogP contribution in [0.4, 0.5) is 11.4 Å². The van der Waals surface area contributed by atoms with Crippen LogP contribution in [-0.2, 0) is 6.61 Å². The average Bonchev–Trinajstić information content (AvgIpc) is 3.16. The third-order valence-electron chi connectivity index (χ3n) is 3.88. The van der Waals surface area contributed by atoms with E-state index >= 15 is 0 Å². The van der Waals surface area contributed by atoms with E-state index in [1.807, 2.05) is 0 Å². The molecular weight excluding hydrogens is 380 g/mol. The quantitative estimate of drug-likeness (QED) is 0.355. The van der Waals surface area contributed by atoms with Crippen LogP contribution in [0.1, 0.15) is 32.5 Å². The van der Waals surface area contributed by atoms with Crippen LogP contribution in [0.25, 0.3) is 0 Å². The van der Waals surface area contributed by atoms with Gasteiger partial charge in [0.15, 0.2) is 11.5 Å². The molecule has 3 rings (SSSR count). The van der Waals surface area contributed by atoms with Crippen molar-refractivity contribution < 1.29 is 19.2 Å². The lowest BCUT2D eigenvalue weighted by atomic mass is 10.1. The van der Waals surface area contributed by atoms with Crippen LogP contribution in [-0.4, -0.2) is 16.6 Å². The highest BCUT2D eigenvalue weighted by atomic mass is 32.1. The second-order valence-electron chi connectivity index (χ2n) is 5.92. The number of nitro benzene ring substituents is 1. The normalized spacial score (nSPS) is 10.3. The number of anilines is 1. The summed E-state index contributed by atoms with van der Waals surface area (Å²) < 4.78 is 5.53. The molecule has 1 amide bonds. The highest BCUT2D eigenvalue weighted by Crippen LogP contribution is 2.27. The lowest BCUT2D eigenvalue weighted by Crippen LogP contribution is -2.10. The van der Waals surface area contributed by atoms with Crippen molar-refractivity contribution in [2.75, 3.05) is 5.32 Å². The lowest BCUT2D eigenvalue weighted by Gasteiger charge is -2.05. The van der Waals surface area contributed by atoms with Gasteiger partial charge in [-0.2, -0.15) is 0 Å². The largest absolute Gasteiger partial charge is 0.482 e. The Bertz CT molecular complexity index is 1030. The summed E-state index contributed by atoms with van der Waals surface area (Å²) in [7, 11) is 0. The van der Waals surface area contributed by atoms with E-state index in [1.165, 1.54) is 30.4 Å². The fraction of sp³-hybridized carbons (Fsp3) is 0.100. The molecule has 142 valence electrons. The third kappa shape index (κ3) is 4.60. The maximum atomic E-state index is 12.4. The predicted octanol–water partition coefficient (Wildman–Crippen LogP) is 4.69. The van der Waals surface area contributed by atoms with Gasteiger partial charge < -0.3 is 10.1 Å². The number of carbonyl (C=O) groups excluding carboxylic acids is 2. The van der Waals surface area contributed by atoms with Gasteiger partial charge in [0.25, 0.3) is 5.91 Å². The number of amides is 1. The average molecular weight is 396 g/mol. The summed E-state index contributed by atoms with van der Waals surface area (Å²) in [5, 5.41) is 15.5. The van der Waals surface area contributed by atoms with Gasteiger partial charge in [0, 0.05) is 22.9 Å². The van der Waals surface area contributed by atoms with Crippen LogP contribution in [0.3, 0.4) is 0 Å². The van der Waals surface area contributed by atoms with Gasteiger partial charge in [-0.15, -0.1) is 11.3 Å². The zero-order valence-corrected chi connectivity index (χ0v) is 15.7. The monoisotopic (exact) mass is 396 g/mol. The minimum Gasteiger partial charge on any atom is -0.482 e. The molecule has 3 aromatic rings. The van der Waals surface area contributed by atoms with Crippen LogP contribution in [0, 0.1) is 10.1 Å². The predicted molar refractivity (Wildman–Crippen MR) is 106 cm³/mol. The van der Waals surface area contributed by atoms with Crippen molar-refractivity contribution in [2.24, 2.45) is 0 Å². The van der Waals surface area contributed by atoms with Gasteiger partial charge in [0.05, 0.1) is 9.80 Å². The van der Waals surface area contributed by atoms with E-state index in [1.54, 1.807) is 47.8 Å². The topological polar surface area (TPSA) is 98.5 Å². The van der Waals surface area contributed by atoms with E-state index < -0.39 is 4.92 Å². The number of rotatable bonds is 7. The van der Waals surface area contributed by atoms with Gasteiger partial charge in [0.2, 0.25) is 0 Å². The fourth-order valence-corrected chi connectivity index (χ4v) is 3.23. The van der Waals surface area contributed by atoms with E-state index in [4.69, 9.17) is 4.74 Å². The number of carbonyl (C=O) groups is 2. The summed E-state index contributed by atoms with van der Waals surface area (Å²) in [4.78, 5) is 34.7. The molecule has 0 aliphatic carbocycles. The molecule has 1 N–H and O–H groups in total. The maximum absolute atomic E-state index is 12.4. The van der Waals surface area contributed by atoms with Gasteiger partial charge in [-0.25, -0.2) is 0 Å². The Kier molecular flexibility index (Phi) is 5.81. The Morgan fingerprint density at radius 2 is 1.86 bits per heavy atom. The first-order chi connectivity index (χ1) is 13.4. The number of ether oxygens (including phenoxy) is 1. The molecule has 0 aliphatic rings. The second kappa shape index (κ2) is 8.45. The minimum atomic E-state index is -0.501. The van der Waals surface area contributed by atoms with Crippen LogP contribution in [0.15, 0.2) is 60.0 Å². The number of nitrogens with one attached hydrogen (secondary N) is 1. The van der Waals surface area contributed by atoms with Crippen LogP contribution >= 0.6 is 11.3 Å².